The van der Waals surface area contributed by atoms with Crippen molar-refractivity contribution in [1.29, 1.82) is 0 Å². The molecule has 0 spiro atoms. The van der Waals surface area contributed by atoms with E-state index in [4.69, 9.17) is 9.40 Å². The molecule has 0 amide bonds. The second kappa shape index (κ2) is 6.91. The smallest absolute Gasteiger partial charge is 0.336 e. The quantitative estimate of drug-likeness (QED) is 0.549. The van der Waals surface area contributed by atoms with Crippen LogP contribution in [0.1, 0.15) is 34.7 Å². The minimum Gasteiger partial charge on any atom is -0.422 e. The van der Waals surface area contributed by atoms with Gasteiger partial charge in [-0.1, -0.05) is 24.3 Å². The highest BCUT2D eigenvalue weighted by Gasteiger charge is 2.21. The number of thiazole rings is 1. The summed E-state index contributed by atoms with van der Waals surface area (Å²) in [6, 6.07) is 14.2. The van der Waals surface area contributed by atoms with E-state index in [0.717, 1.165) is 39.1 Å². The van der Waals surface area contributed by atoms with Gasteiger partial charge in [-0.05, 0) is 44.0 Å². The third kappa shape index (κ3) is 3.29. The van der Waals surface area contributed by atoms with Crippen LogP contribution in [0.2, 0.25) is 0 Å². The van der Waals surface area contributed by atoms with Crippen LogP contribution in [-0.4, -0.2) is 12.0 Å². The predicted molar refractivity (Wildman–Crippen MR) is 111 cm³/mol. The lowest BCUT2D eigenvalue weighted by Crippen LogP contribution is -3.07. The molecule has 0 aliphatic rings. The maximum Gasteiger partial charge on any atom is 0.336 e. The molecule has 138 valence electrons. The zero-order valence-corrected chi connectivity index (χ0v) is 16.8. The minimum absolute atomic E-state index is 0.233. The molecule has 4 rings (SSSR count). The molecule has 0 radical (unpaired) electrons. The van der Waals surface area contributed by atoms with E-state index in [2.05, 4.69) is 38.2 Å². The molecule has 0 fully saturated rings. The first-order valence-corrected chi connectivity index (χ1v) is 9.96. The van der Waals surface area contributed by atoms with Crippen LogP contribution in [0, 0.1) is 13.8 Å². The molecule has 2 atom stereocenters. The van der Waals surface area contributed by atoms with Crippen LogP contribution >= 0.6 is 11.3 Å². The van der Waals surface area contributed by atoms with Gasteiger partial charge in [0, 0.05) is 17.0 Å². The lowest BCUT2D eigenvalue weighted by Gasteiger charge is -2.20. The SMILES string of the molecule is Cc1ccc2c(C[NH+](C)[C@H](C)c3nc4ccccc4s3)cc(=O)oc2c1C. The van der Waals surface area contributed by atoms with Crippen LogP contribution in [-0.2, 0) is 6.54 Å². The number of para-hydroxylation sites is 1. The Bertz CT molecular complexity index is 1160. The van der Waals surface area contributed by atoms with Crippen molar-refractivity contribution < 1.29 is 9.32 Å². The van der Waals surface area contributed by atoms with Gasteiger partial charge in [0.1, 0.15) is 18.2 Å². The topological polar surface area (TPSA) is 47.5 Å². The van der Waals surface area contributed by atoms with E-state index in [-0.39, 0.29) is 11.7 Å². The van der Waals surface area contributed by atoms with Crippen molar-refractivity contribution >= 4 is 32.5 Å². The molecule has 27 heavy (non-hydrogen) atoms. The number of hydrogen-bond acceptors (Lipinski definition) is 4. The number of rotatable bonds is 4. The number of nitrogens with zero attached hydrogens (tertiary/aromatic N) is 1. The summed E-state index contributed by atoms with van der Waals surface area (Å²) in [7, 11) is 2.15. The number of aryl methyl sites for hydroxylation is 2. The highest BCUT2D eigenvalue weighted by Crippen LogP contribution is 2.26. The predicted octanol–water partition coefficient (Wildman–Crippen LogP) is 3.80. The molecule has 1 N–H and O–H groups in total. The van der Waals surface area contributed by atoms with Crippen molar-refractivity contribution in [3.63, 3.8) is 0 Å². The van der Waals surface area contributed by atoms with E-state index in [9.17, 15) is 4.79 Å². The summed E-state index contributed by atoms with van der Waals surface area (Å²) >= 11 is 1.74. The first kappa shape index (κ1) is 17.9. The molecule has 1 unspecified atom stereocenters. The molecule has 2 aromatic heterocycles. The maximum absolute atomic E-state index is 12.1. The van der Waals surface area contributed by atoms with Crippen molar-refractivity contribution in [2.45, 2.75) is 33.4 Å². The van der Waals surface area contributed by atoms with Crippen molar-refractivity contribution in [3.8, 4) is 0 Å². The summed E-state index contributed by atoms with van der Waals surface area (Å²) in [5.41, 5.74) is 4.66. The fourth-order valence-corrected chi connectivity index (χ4v) is 4.52. The Kier molecular flexibility index (Phi) is 4.58. The van der Waals surface area contributed by atoms with Gasteiger partial charge in [-0.25, -0.2) is 9.78 Å². The van der Waals surface area contributed by atoms with Gasteiger partial charge in [0.15, 0.2) is 5.01 Å². The Morgan fingerprint density at radius 2 is 1.96 bits per heavy atom. The normalized spacial score (nSPS) is 13.9. The van der Waals surface area contributed by atoms with E-state index in [1.165, 1.54) is 9.60 Å². The molecule has 5 heteroatoms. The Hall–Kier alpha value is -2.50. The number of quaternary nitrogens is 1. The zero-order chi connectivity index (χ0) is 19.1. The van der Waals surface area contributed by atoms with Crippen LogP contribution in [0.15, 0.2) is 51.7 Å². The third-order valence-electron chi connectivity index (χ3n) is 5.41. The monoisotopic (exact) mass is 379 g/mol. The number of nitrogens with one attached hydrogen (secondary N) is 1. The molecule has 0 bridgehead atoms. The molecule has 0 aliphatic carbocycles. The Balaban J connectivity index is 1.69. The van der Waals surface area contributed by atoms with Gasteiger partial charge in [-0.3, -0.25) is 0 Å². The fourth-order valence-electron chi connectivity index (χ4n) is 3.41. The maximum atomic E-state index is 12.1. The van der Waals surface area contributed by atoms with E-state index >= 15 is 0 Å². The third-order valence-corrected chi connectivity index (χ3v) is 6.63. The molecule has 4 aromatic rings. The lowest BCUT2D eigenvalue weighted by molar-refractivity contribution is -0.923. The van der Waals surface area contributed by atoms with E-state index < -0.39 is 0 Å². The van der Waals surface area contributed by atoms with Crippen molar-refractivity contribution in [3.05, 3.63) is 74.6 Å². The van der Waals surface area contributed by atoms with Crippen molar-refractivity contribution in [1.82, 2.24) is 4.98 Å². The Morgan fingerprint density at radius 1 is 1.19 bits per heavy atom. The molecule has 0 aliphatic heterocycles. The van der Waals surface area contributed by atoms with Crippen LogP contribution in [0.3, 0.4) is 0 Å². The van der Waals surface area contributed by atoms with E-state index in [1.807, 2.05) is 26.0 Å². The van der Waals surface area contributed by atoms with Gasteiger partial charge >= 0.3 is 5.63 Å². The molecule has 2 aromatic carbocycles. The molecular formula is C22H23N2O2S+. The van der Waals surface area contributed by atoms with Crippen LogP contribution in [0.4, 0.5) is 0 Å². The minimum atomic E-state index is -0.286. The second-order valence-electron chi connectivity index (χ2n) is 7.24. The first-order chi connectivity index (χ1) is 12.9. The molecule has 0 saturated carbocycles. The molecule has 4 nitrogen and oxygen atoms in total. The highest BCUT2D eigenvalue weighted by atomic mass is 32.1. The number of fused-ring (bicyclic) bond motifs is 2. The summed E-state index contributed by atoms with van der Waals surface area (Å²) < 4.78 is 6.72. The average Bonchev–Trinajstić information content (AvgIpc) is 3.08. The molecular weight excluding hydrogens is 356 g/mol. The van der Waals surface area contributed by atoms with Gasteiger partial charge in [0.2, 0.25) is 0 Å². The fraction of sp³-hybridized carbons (Fsp3) is 0.273. The van der Waals surface area contributed by atoms with Gasteiger partial charge in [0.25, 0.3) is 0 Å². The van der Waals surface area contributed by atoms with Crippen LogP contribution in [0.25, 0.3) is 21.2 Å². The summed E-state index contributed by atoms with van der Waals surface area (Å²) in [4.78, 5) is 18.2. The first-order valence-electron chi connectivity index (χ1n) is 9.15. The van der Waals surface area contributed by atoms with E-state index in [0.29, 0.717) is 5.58 Å². The van der Waals surface area contributed by atoms with Crippen LogP contribution < -0.4 is 10.5 Å². The summed E-state index contributed by atoms with van der Waals surface area (Å²) in [5.74, 6) is 0. The largest absolute Gasteiger partial charge is 0.422 e. The van der Waals surface area contributed by atoms with Gasteiger partial charge in [0.05, 0.1) is 17.3 Å². The highest BCUT2D eigenvalue weighted by molar-refractivity contribution is 7.18. The number of aromatic nitrogens is 1. The lowest BCUT2D eigenvalue weighted by atomic mass is 10.0. The summed E-state index contributed by atoms with van der Waals surface area (Å²) in [5, 5.41) is 2.14. The Morgan fingerprint density at radius 3 is 2.74 bits per heavy atom. The van der Waals surface area contributed by atoms with Crippen molar-refractivity contribution in [2.75, 3.05) is 7.05 Å². The number of hydrogen-bond donors (Lipinski definition) is 1. The van der Waals surface area contributed by atoms with Gasteiger partial charge < -0.3 is 9.32 Å². The summed E-state index contributed by atoms with van der Waals surface area (Å²) in [6.07, 6.45) is 0. The standard InChI is InChI=1S/C22H22N2O2S/c1-13-9-10-17-16(11-20(25)26-21(17)14(13)2)12-24(4)15(3)22-23-18-7-5-6-8-19(18)27-22/h5-11,15H,12H2,1-4H3/p+1/t15-/m1/s1. The van der Waals surface area contributed by atoms with E-state index in [1.54, 1.807) is 17.4 Å². The molecule has 0 saturated heterocycles. The van der Waals surface area contributed by atoms with Gasteiger partial charge in [-0.15, -0.1) is 11.3 Å². The number of benzene rings is 2. The van der Waals surface area contributed by atoms with Crippen molar-refractivity contribution in [2.24, 2.45) is 0 Å². The van der Waals surface area contributed by atoms with Gasteiger partial charge in [-0.2, -0.15) is 0 Å². The Labute approximate surface area is 162 Å². The average molecular weight is 380 g/mol. The zero-order valence-electron chi connectivity index (χ0n) is 16.0. The summed E-state index contributed by atoms with van der Waals surface area (Å²) in [6.45, 7) is 6.97. The van der Waals surface area contributed by atoms with Crippen LogP contribution in [0.5, 0.6) is 0 Å². The second-order valence-corrected chi connectivity index (χ2v) is 8.30. The molecule has 2 heterocycles.